The fraction of sp³-hybridized carbons (Fsp3) is 0.647. The summed E-state index contributed by atoms with van der Waals surface area (Å²) in [6.45, 7) is 0.835. The summed E-state index contributed by atoms with van der Waals surface area (Å²) < 4.78 is 0. The number of hydrogen-bond acceptors (Lipinski definition) is 3. The van der Waals surface area contributed by atoms with Gasteiger partial charge in [0.15, 0.2) is 0 Å². The van der Waals surface area contributed by atoms with Crippen molar-refractivity contribution >= 4 is 12.4 Å². The summed E-state index contributed by atoms with van der Waals surface area (Å²) in [5.74, 6) is 0.390. The van der Waals surface area contributed by atoms with Gasteiger partial charge in [-0.1, -0.05) is 37.8 Å². The molecule has 0 unspecified atom stereocenters. The van der Waals surface area contributed by atoms with Crippen molar-refractivity contribution in [3.8, 4) is 5.75 Å². The van der Waals surface area contributed by atoms with E-state index in [0.29, 0.717) is 0 Å². The molecular formula is C17H28ClNO2. The van der Waals surface area contributed by atoms with E-state index in [1.807, 2.05) is 26.2 Å². The Kier molecular flexibility index (Phi) is 6.98. The third-order valence-corrected chi connectivity index (χ3v) is 4.46. The van der Waals surface area contributed by atoms with Crippen LogP contribution in [-0.4, -0.2) is 41.4 Å². The van der Waals surface area contributed by atoms with Crippen LogP contribution in [0.5, 0.6) is 5.75 Å². The molecule has 0 radical (unpaired) electrons. The van der Waals surface area contributed by atoms with E-state index in [2.05, 4.69) is 4.90 Å². The largest absolute Gasteiger partial charge is 0.508 e. The highest BCUT2D eigenvalue weighted by atomic mass is 35.5. The van der Waals surface area contributed by atoms with E-state index in [4.69, 9.17) is 0 Å². The Bertz CT molecular complexity index is 411. The monoisotopic (exact) mass is 313 g/mol. The Morgan fingerprint density at radius 1 is 1.05 bits per heavy atom. The lowest BCUT2D eigenvalue weighted by atomic mass is 9.77. The van der Waals surface area contributed by atoms with Crippen LogP contribution >= 0.6 is 12.4 Å². The molecule has 0 spiro atoms. The highest BCUT2D eigenvalue weighted by Crippen LogP contribution is 2.39. The quantitative estimate of drug-likeness (QED) is 0.836. The van der Waals surface area contributed by atoms with Gasteiger partial charge in [-0.05, 0) is 44.6 Å². The molecule has 4 heteroatoms. The van der Waals surface area contributed by atoms with Gasteiger partial charge in [0.1, 0.15) is 5.75 Å². The van der Waals surface area contributed by atoms with Crippen LogP contribution in [0.25, 0.3) is 0 Å². The fourth-order valence-corrected chi connectivity index (χ4v) is 3.35. The second kappa shape index (κ2) is 8.02. The van der Waals surface area contributed by atoms with Crippen LogP contribution in [-0.2, 0) is 0 Å². The van der Waals surface area contributed by atoms with Crippen LogP contribution in [0, 0.1) is 0 Å². The van der Waals surface area contributed by atoms with Gasteiger partial charge in [0.05, 0.1) is 5.60 Å². The molecule has 3 nitrogen and oxygen atoms in total. The van der Waals surface area contributed by atoms with E-state index < -0.39 is 5.60 Å². The number of phenolic OH excluding ortho intramolecular Hbond substituents is 1. The summed E-state index contributed by atoms with van der Waals surface area (Å²) in [6, 6.07) is 7.34. The third-order valence-electron chi connectivity index (χ3n) is 4.46. The average Bonchev–Trinajstić information content (AvgIpc) is 2.63. The molecule has 21 heavy (non-hydrogen) atoms. The zero-order valence-electron chi connectivity index (χ0n) is 13.1. The lowest BCUT2D eigenvalue weighted by Gasteiger charge is -2.37. The normalized spacial score (nSPS) is 19.6. The summed E-state index contributed by atoms with van der Waals surface area (Å²) in [5.41, 5.74) is 0.512. The van der Waals surface area contributed by atoms with Gasteiger partial charge in [-0.25, -0.2) is 0 Å². The predicted octanol–water partition coefficient (Wildman–Crippen LogP) is 3.54. The maximum absolute atomic E-state index is 11.2. The summed E-state index contributed by atoms with van der Waals surface area (Å²) in [6.07, 6.45) is 6.44. The molecule has 1 fully saturated rings. The SMILES string of the molecule is CN(C)C[C@@H](c1ccc(O)cc1)C1(O)CCCCCC1.Cl. The average molecular weight is 314 g/mol. The number of aromatic hydroxyl groups is 1. The molecule has 0 aromatic heterocycles. The first-order valence-electron chi connectivity index (χ1n) is 7.67. The van der Waals surface area contributed by atoms with E-state index >= 15 is 0 Å². The van der Waals surface area contributed by atoms with Crippen LogP contribution in [0.2, 0.25) is 0 Å². The van der Waals surface area contributed by atoms with Gasteiger partial charge in [-0.15, -0.1) is 12.4 Å². The number of halogens is 1. The van der Waals surface area contributed by atoms with Crippen molar-refractivity contribution < 1.29 is 10.2 Å². The van der Waals surface area contributed by atoms with Crippen LogP contribution < -0.4 is 0 Å². The first-order chi connectivity index (χ1) is 9.51. The highest BCUT2D eigenvalue weighted by Gasteiger charge is 2.37. The van der Waals surface area contributed by atoms with Crippen molar-refractivity contribution in [2.24, 2.45) is 0 Å². The van der Waals surface area contributed by atoms with E-state index in [1.54, 1.807) is 12.1 Å². The lowest BCUT2D eigenvalue weighted by Crippen LogP contribution is -2.41. The number of phenols is 1. The zero-order valence-corrected chi connectivity index (χ0v) is 13.9. The van der Waals surface area contributed by atoms with Gasteiger partial charge in [-0.2, -0.15) is 0 Å². The summed E-state index contributed by atoms with van der Waals surface area (Å²) in [5, 5.41) is 20.7. The van der Waals surface area contributed by atoms with Crippen LogP contribution in [0.1, 0.15) is 50.0 Å². The smallest absolute Gasteiger partial charge is 0.115 e. The lowest BCUT2D eigenvalue weighted by molar-refractivity contribution is -0.00975. The molecule has 1 saturated carbocycles. The minimum absolute atomic E-state index is 0. The topological polar surface area (TPSA) is 43.7 Å². The fourth-order valence-electron chi connectivity index (χ4n) is 3.35. The molecule has 2 rings (SSSR count). The van der Waals surface area contributed by atoms with E-state index in [-0.39, 0.29) is 24.1 Å². The van der Waals surface area contributed by atoms with Gasteiger partial charge in [0.2, 0.25) is 0 Å². The summed E-state index contributed by atoms with van der Waals surface area (Å²) >= 11 is 0. The first-order valence-corrected chi connectivity index (χ1v) is 7.67. The zero-order chi connectivity index (χ0) is 14.6. The van der Waals surface area contributed by atoms with Crippen LogP contribution in [0.4, 0.5) is 0 Å². The molecule has 0 bridgehead atoms. The second-order valence-corrected chi connectivity index (χ2v) is 6.42. The van der Waals surface area contributed by atoms with E-state index in [9.17, 15) is 10.2 Å². The van der Waals surface area contributed by atoms with Crippen molar-refractivity contribution in [1.82, 2.24) is 4.90 Å². The molecule has 1 aliphatic carbocycles. The number of rotatable bonds is 4. The molecule has 1 aromatic rings. The minimum Gasteiger partial charge on any atom is -0.508 e. The van der Waals surface area contributed by atoms with Crippen molar-refractivity contribution in [2.75, 3.05) is 20.6 Å². The Morgan fingerprint density at radius 3 is 2.05 bits per heavy atom. The Balaban J connectivity index is 0.00000220. The molecule has 120 valence electrons. The molecule has 0 aliphatic heterocycles. The Hall–Kier alpha value is -0.770. The van der Waals surface area contributed by atoms with Crippen molar-refractivity contribution in [3.05, 3.63) is 29.8 Å². The number of hydrogen-bond donors (Lipinski definition) is 2. The third kappa shape index (κ3) is 4.87. The van der Waals surface area contributed by atoms with Gasteiger partial charge >= 0.3 is 0 Å². The summed E-state index contributed by atoms with van der Waals surface area (Å²) in [7, 11) is 4.10. The van der Waals surface area contributed by atoms with Gasteiger partial charge in [0.25, 0.3) is 0 Å². The van der Waals surface area contributed by atoms with Gasteiger partial charge in [0, 0.05) is 12.5 Å². The predicted molar refractivity (Wildman–Crippen MR) is 89.3 cm³/mol. The first kappa shape index (κ1) is 18.3. The Labute approximate surface area is 134 Å². The molecule has 1 aliphatic rings. The molecule has 2 N–H and O–H groups in total. The Morgan fingerprint density at radius 2 is 1.57 bits per heavy atom. The number of likely N-dealkylation sites (N-methyl/N-ethyl adjacent to an activating group) is 1. The molecule has 0 saturated heterocycles. The van der Waals surface area contributed by atoms with E-state index in [1.165, 1.54) is 12.8 Å². The molecule has 0 amide bonds. The maximum atomic E-state index is 11.2. The van der Waals surface area contributed by atoms with Crippen LogP contribution in [0.15, 0.2) is 24.3 Å². The van der Waals surface area contributed by atoms with Gasteiger partial charge < -0.3 is 15.1 Å². The van der Waals surface area contributed by atoms with Crippen LogP contribution in [0.3, 0.4) is 0 Å². The molecule has 1 atom stereocenters. The molecule has 1 aromatic carbocycles. The summed E-state index contributed by atoms with van der Waals surface area (Å²) in [4.78, 5) is 2.14. The van der Waals surface area contributed by atoms with Gasteiger partial charge in [-0.3, -0.25) is 0 Å². The van der Waals surface area contributed by atoms with Crippen molar-refractivity contribution in [1.29, 1.82) is 0 Å². The minimum atomic E-state index is -0.613. The molecule has 0 heterocycles. The number of benzene rings is 1. The second-order valence-electron chi connectivity index (χ2n) is 6.42. The van der Waals surface area contributed by atoms with Crippen molar-refractivity contribution in [2.45, 2.75) is 50.0 Å². The number of aliphatic hydroxyl groups is 1. The standard InChI is InChI=1S/C17H27NO2.ClH/c1-18(2)13-16(14-7-9-15(19)10-8-14)17(20)11-5-3-4-6-12-17;/h7-10,16,19-20H,3-6,11-13H2,1-2H3;1H/t16-;/m0./s1. The molecular weight excluding hydrogens is 286 g/mol. The van der Waals surface area contributed by atoms with E-state index in [0.717, 1.165) is 37.8 Å². The maximum Gasteiger partial charge on any atom is 0.115 e. The number of nitrogens with zero attached hydrogens (tertiary/aromatic N) is 1. The highest BCUT2D eigenvalue weighted by molar-refractivity contribution is 5.85. The van der Waals surface area contributed by atoms with Crippen molar-refractivity contribution in [3.63, 3.8) is 0 Å².